The lowest BCUT2D eigenvalue weighted by molar-refractivity contribution is -0.117. The van der Waals surface area contributed by atoms with Crippen LogP contribution < -0.4 is 15.6 Å². The minimum Gasteiger partial charge on any atom is -0.372 e. The molecule has 0 aliphatic heterocycles. The highest BCUT2D eigenvalue weighted by molar-refractivity contribution is 6.36. The first-order valence-electron chi connectivity index (χ1n) is 11.1. The number of carbonyl (C=O) groups is 2. The topological polar surface area (TPSA) is 73.8 Å². The van der Waals surface area contributed by atoms with Gasteiger partial charge in [0.2, 0.25) is 0 Å². The highest BCUT2D eigenvalue weighted by atomic mass is 35.5. The van der Waals surface area contributed by atoms with E-state index in [1.807, 2.05) is 30.3 Å². The normalized spacial score (nSPS) is 11.4. The van der Waals surface area contributed by atoms with Crippen molar-refractivity contribution in [1.29, 1.82) is 0 Å². The number of halogens is 2. The lowest BCUT2D eigenvalue weighted by Gasteiger charge is -2.20. The molecule has 0 aliphatic rings. The Kier molecular flexibility index (Phi) is 9.47. The van der Waals surface area contributed by atoms with Gasteiger partial charge in [-0.15, -0.1) is 0 Å². The fraction of sp³-hybridized carbons (Fsp3) is 0.148. The van der Waals surface area contributed by atoms with Gasteiger partial charge in [0.15, 0.2) is 0 Å². The summed E-state index contributed by atoms with van der Waals surface area (Å²) < 4.78 is 0. The van der Waals surface area contributed by atoms with Gasteiger partial charge >= 0.3 is 0 Å². The summed E-state index contributed by atoms with van der Waals surface area (Å²) in [5.41, 5.74) is 5.34. The molecule has 2 amide bonds. The van der Waals surface area contributed by atoms with Crippen molar-refractivity contribution in [3.8, 4) is 0 Å². The standard InChI is InChI=1S/C27H26Cl2N4O2/c1-3-33(4-2)23-14-10-19(11-15-23)16-25(31-26(34)20-8-6-5-7-9-20)27(35)32-30-18-21-12-13-22(28)17-24(21)29/h5-18H,3-4H2,1-2H3,(H,31,34)(H,32,35)/b25-16+,30-18?. The Morgan fingerprint density at radius 1 is 0.943 bits per heavy atom. The van der Waals surface area contributed by atoms with E-state index in [0.717, 1.165) is 24.3 Å². The van der Waals surface area contributed by atoms with Gasteiger partial charge < -0.3 is 10.2 Å². The average molecular weight is 509 g/mol. The van der Waals surface area contributed by atoms with Gasteiger partial charge in [-0.3, -0.25) is 9.59 Å². The summed E-state index contributed by atoms with van der Waals surface area (Å²) in [4.78, 5) is 27.9. The fourth-order valence-corrected chi connectivity index (χ4v) is 3.76. The first-order valence-corrected chi connectivity index (χ1v) is 11.9. The predicted octanol–water partition coefficient (Wildman–Crippen LogP) is 5.76. The van der Waals surface area contributed by atoms with Gasteiger partial charge in [-0.2, -0.15) is 5.10 Å². The molecule has 0 fully saturated rings. The van der Waals surface area contributed by atoms with Gasteiger partial charge in [-0.1, -0.05) is 59.6 Å². The molecule has 2 N–H and O–H groups in total. The molecule has 3 aromatic carbocycles. The molecule has 180 valence electrons. The second kappa shape index (κ2) is 12.7. The molecule has 0 bridgehead atoms. The summed E-state index contributed by atoms with van der Waals surface area (Å²) in [7, 11) is 0. The molecular weight excluding hydrogens is 483 g/mol. The number of nitrogens with zero attached hydrogens (tertiary/aromatic N) is 2. The molecule has 35 heavy (non-hydrogen) atoms. The van der Waals surface area contributed by atoms with Gasteiger partial charge in [0.1, 0.15) is 5.70 Å². The quantitative estimate of drug-likeness (QED) is 0.219. The zero-order valence-electron chi connectivity index (χ0n) is 19.5. The molecule has 0 heterocycles. The third-order valence-electron chi connectivity index (χ3n) is 5.19. The number of anilines is 1. The molecule has 0 saturated heterocycles. The first-order chi connectivity index (χ1) is 16.9. The van der Waals surface area contributed by atoms with Gasteiger partial charge in [0.25, 0.3) is 11.8 Å². The van der Waals surface area contributed by atoms with E-state index < -0.39 is 11.8 Å². The molecular formula is C27H26Cl2N4O2. The van der Waals surface area contributed by atoms with Crippen LogP contribution in [0.1, 0.15) is 35.3 Å². The smallest absolute Gasteiger partial charge is 0.287 e. The van der Waals surface area contributed by atoms with Crippen molar-refractivity contribution < 1.29 is 9.59 Å². The van der Waals surface area contributed by atoms with Crippen LogP contribution in [0.4, 0.5) is 5.69 Å². The number of carbonyl (C=O) groups excluding carboxylic acids is 2. The summed E-state index contributed by atoms with van der Waals surface area (Å²) in [6, 6.07) is 21.4. The van der Waals surface area contributed by atoms with E-state index in [9.17, 15) is 9.59 Å². The predicted molar refractivity (Wildman–Crippen MR) is 144 cm³/mol. The van der Waals surface area contributed by atoms with Crippen molar-refractivity contribution in [2.75, 3.05) is 18.0 Å². The van der Waals surface area contributed by atoms with E-state index in [0.29, 0.717) is 21.2 Å². The van der Waals surface area contributed by atoms with Crippen LogP contribution in [0.5, 0.6) is 0 Å². The summed E-state index contributed by atoms with van der Waals surface area (Å²) in [5.74, 6) is -0.986. The Bertz CT molecular complexity index is 1220. The SMILES string of the molecule is CCN(CC)c1ccc(/C=C(/NC(=O)c2ccccc2)C(=O)NN=Cc2ccc(Cl)cc2Cl)cc1. The molecule has 6 nitrogen and oxygen atoms in total. The molecule has 0 atom stereocenters. The lowest BCUT2D eigenvalue weighted by atomic mass is 10.1. The summed E-state index contributed by atoms with van der Waals surface area (Å²) >= 11 is 12.1. The van der Waals surface area contributed by atoms with E-state index in [-0.39, 0.29) is 5.70 Å². The Labute approximate surface area is 215 Å². The zero-order valence-corrected chi connectivity index (χ0v) is 21.0. The van der Waals surface area contributed by atoms with E-state index >= 15 is 0 Å². The number of amides is 2. The molecule has 3 rings (SSSR count). The van der Waals surface area contributed by atoms with Crippen LogP contribution in [0.15, 0.2) is 83.6 Å². The maximum Gasteiger partial charge on any atom is 0.287 e. The molecule has 0 saturated carbocycles. The third kappa shape index (κ3) is 7.44. The summed E-state index contributed by atoms with van der Waals surface area (Å²) in [5, 5.41) is 7.57. The Hall–Kier alpha value is -3.61. The van der Waals surface area contributed by atoms with E-state index in [1.54, 1.807) is 48.5 Å². The van der Waals surface area contributed by atoms with E-state index in [1.165, 1.54) is 6.21 Å². The van der Waals surface area contributed by atoms with Crippen LogP contribution in [-0.4, -0.2) is 31.1 Å². The second-order valence-electron chi connectivity index (χ2n) is 7.51. The van der Waals surface area contributed by atoms with Crippen molar-refractivity contribution >= 4 is 53.0 Å². The van der Waals surface area contributed by atoms with Crippen molar-refractivity contribution in [1.82, 2.24) is 10.7 Å². The third-order valence-corrected chi connectivity index (χ3v) is 5.76. The average Bonchev–Trinajstić information content (AvgIpc) is 2.87. The molecule has 0 radical (unpaired) electrons. The summed E-state index contributed by atoms with van der Waals surface area (Å²) in [6.07, 6.45) is 3.01. The number of benzene rings is 3. The monoisotopic (exact) mass is 508 g/mol. The zero-order chi connectivity index (χ0) is 25.2. The second-order valence-corrected chi connectivity index (χ2v) is 8.35. The molecule has 3 aromatic rings. The maximum atomic E-state index is 12.9. The number of nitrogens with one attached hydrogen (secondary N) is 2. The van der Waals surface area contributed by atoms with Gasteiger partial charge in [-0.25, -0.2) is 5.43 Å². The first kappa shape index (κ1) is 26.0. The van der Waals surface area contributed by atoms with Crippen LogP contribution in [0, 0.1) is 0 Å². The Morgan fingerprint density at radius 2 is 1.63 bits per heavy atom. The van der Waals surface area contributed by atoms with Crippen LogP contribution in [0.3, 0.4) is 0 Å². The molecule has 0 spiro atoms. The Morgan fingerprint density at radius 3 is 2.26 bits per heavy atom. The number of hydrazone groups is 1. The van der Waals surface area contributed by atoms with Crippen LogP contribution in [-0.2, 0) is 4.79 Å². The lowest BCUT2D eigenvalue weighted by Crippen LogP contribution is -2.32. The molecule has 0 unspecified atom stereocenters. The largest absolute Gasteiger partial charge is 0.372 e. The van der Waals surface area contributed by atoms with Crippen LogP contribution in [0.2, 0.25) is 10.0 Å². The van der Waals surface area contributed by atoms with Gasteiger partial charge in [-0.05, 0) is 61.9 Å². The van der Waals surface area contributed by atoms with Crippen molar-refractivity contribution in [3.63, 3.8) is 0 Å². The van der Waals surface area contributed by atoms with Crippen molar-refractivity contribution in [3.05, 3.63) is 105 Å². The van der Waals surface area contributed by atoms with Gasteiger partial charge in [0.05, 0.1) is 11.2 Å². The summed E-state index contributed by atoms with van der Waals surface area (Å²) in [6.45, 7) is 5.97. The van der Waals surface area contributed by atoms with E-state index in [4.69, 9.17) is 23.2 Å². The van der Waals surface area contributed by atoms with Crippen LogP contribution >= 0.6 is 23.2 Å². The van der Waals surface area contributed by atoms with Crippen molar-refractivity contribution in [2.45, 2.75) is 13.8 Å². The van der Waals surface area contributed by atoms with Gasteiger partial charge in [0, 0.05) is 34.9 Å². The molecule has 8 heteroatoms. The number of hydrogen-bond donors (Lipinski definition) is 2. The minimum absolute atomic E-state index is 0.0498. The highest BCUT2D eigenvalue weighted by Gasteiger charge is 2.14. The minimum atomic E-state index is -0.580. The van der Waals surface area contributed by atoms with Crippen LogP contribution in [0.25, 0.3) is 6.08 Å². The Balaban J connectivity index is 1.83. The van der Waals surface area contributed by atoms with Crippen molar-refractivity contribution in [2.24, 2.45) is 5.10 Å². The fourth-order valence-electron chi connectivity index (χ4n) is 3.31. The number of hydrogen-bond acceptors (Lipinski definition) is 4. The molecule has 0 aromatic heterocycles. The molecule has 0 aliphatic carbocycles. The highest BCUT2D eigenvalue weighted by Crippen LogP contribution is 2.19. The number of rotatable bonds is 9. The van der Waals surface area contributed by atoms with E-state index in [2.05, 4.69) is 34.6 Å². The maximum absolute atomic E-state index is 12.9.